The number of nitrogens with one attached hydrogen (secondary N) is 2. The highest BCUT2D eigenvalue weighted by Crippen LogP contribution is 1.89. The normalized spacial score (nSPS) is 8.55. The lowest BCUT2D eigenvalue weighted by molar-refractivity contribution is -0.123. The van der Waals surface area contributed by atoms with Crippen LogP contribution in [0, 0.1) is 17.8 Å². The number of hydrogen-bond acceptors (Lipinski definition) is 3. The number of rotatable bonds is 2. The van der Waals surface area contributed by atoms with E-state index < -0.39 is 11.2 Å². The van der Waals surface area contributed by atoms with Crippen LogP contribution in [0.1, 0.15) is 47.1 Å². The summed E-state index contributed by atoms with van der Waals surface area (Å²) in [6, 6.07) is 0. The minimum absolute atomic E-state index is 0.0985. The van der Waals surface area contributed by atoms with E-state index in [1.165, 1.54) is 17.8 Å². The molecule has 22 heavy (non-hydrogen) atoms. The minimum Gasteiger partial charge on any atom is -0.345 e. The average Bonchev–Trinajstić information content (AvgIpc) is 2.52. The number of carbonyl (C=O) groups is 1. The molecule has 1 heterocycles. The molecule has 0 aliphatic heterocycles. The van der Waals surface area contributed by atoms with Crippen LogP contribution >= 0.6 is 0 Å². The van der Waals surface area contributed by atoms with Gasteiger partial charge in [-0.05, 0) is 0 Å². The van der Waals surface area contributed by atoms with E-state index in [2.05, 4.69) is 22.1 Å². The van der Waals surface area contributed by atoms with Gasteiger partial charge in [-0.3, -0.25) is 14.6 Å². The highest BCUT2D eigenvalue weighted by atomic mass is 16.2. The van der Waals surface area contributed by atoms with Crippen LogP contribution in [0.2, 0.25) is 0 Å². The summed E-state index contributed by atoms with van der Waals surface area (Å²) in [5.74, 6) is 5.06. The fourth-order valence-corrected chi connectivity index (χ4v) is 1.13. The van der Waals surface area contributed by atoms with Crippen molar-refractivity contribution in [3.05, 3.63) is 32.6 Å². The third kappa shape index (κ3) is 8.10. The Morgan fingerprint density at radius 1 is 1.27 bits per heavy atom. The number of nitrogens with zero attached hydrogens (tertiary/aromatic N) is 1. The average molecular weight is 309 g/mol. The Kier molecular flexibility index (Phi) is 12.4. The SMILES string of the molecule is CC.CC.CC(C)C(=O)NCC#Cc1cn(C)c(=O)[nH]c1=O. The number of hydrogen-bond donors (Lipinski definition) is 2. The number of carbonyl (C=O) groups excluding carboxylic acids is 1. The fourth-order valence-electron chi connectivity index (χ4n) is 1.13. The lowest BCUT2D eigenvalue weighted by Crippen LogP contribution is -2.29. The zero-order valence-electron chi connectivity index (χ0n) is 14.5. The van der Waals surface area contributed by atoms with Gasteiger partial charge < -0.3 is 9.88 Å². The molecule has 0 spiro atoms. The van der Waals surface area contributed by atoms with Crippen molar-refractivity contribution in [3.8, 4) is 11.8 Å². The Bertz CT molecular complexity index is 616. The zero-order chi connectivity index (χ0) is 17.7. The quantitative estimate of drug-likeness (QED) is 0.806. The number of aryl methyl sites for hydroxylation is 1. The van der Waals surface area contributed by atoms with E-state index in [1.54, 1.807) is 13.8 Å². The van der Waals surface area contributed by atoms with Crippen molar-refractivity contribution >= 4 is 5.91 Å². The highest BCUT2D eigenvalue weighted by Gasteiger charge is 2.03. The molecule has 1 amide bonds. The fraction of sp³-hybridized carbons (Fsp3) is 0.562. The molecule has 0 aliphatic rings. The molecule has 0 saturated carbocycles. The first-order chi connectivity index (χ1) is 10.4. The summed E-state index contributed by atoms with van der Waals surface area (Å²) >= 11 is 0. The first-order valence-corrected chi connectivity index (χ1v) is 7.48. The van der Waals surface area contributed by atoms with Gasteiger partial charge in [0.05, 0.1) is 6.54 Å². The number of aromatic amines is 1. The molecule has 1 rings (SSSR count). The van der Waals surface area contributed by atoms with Crippen molar-refractivity contribution in [2.75, 3.05) is 6.54 Å². The summed E-state index contributed by atoms with van der Waals surface area (Å²) < 4.78 is 1.23. The van der Waals surface area contributed by atoms with E-state index in [9.17, 15) is 14.4 Å². The molecule has 0 unspecified atom stereocenters. The van der Waals surface area contributed by atoms with Gasteiger partial charge >= 0.3 is 5.69 Å². The van der Waals surface area contributed by atoms with Crippen molar-refractivity contribution in [1.82, 2.24) is 14.9 Å². The van der Waals surface area contributed by atoms with Crippen LogP contribution < -0.4 is 16.6 Å². The molecule has 2 N–H and O–H groups in total. The second-order valence-electron chi connectivity index (χ2n) is 4.09. The van der Waals surface area contributed by atoms with Crippen molar-refractivity contribution < 1.29 is 4.79 Å². The maximum absolute atomic E-state index is 11.4. The van der Waals surface area contributed by atoms with Crippen LogP contribution in [0.25, 0.3) is 0 Å². The van der Waals surface area contributed by atoms with Crippen LogP contribution in [-0.2, 0) is 11.8 Å². The van der Waals surface area contributed by atoms with Gasteiger partial charge in [-0.15, -0.1) is 0 Å². The molecule has 0 radical (unpaired) electrons. The maximum Gasteiger partial charge on any atom is 0.328 e. The van der Waals surface area contributed by atoms with E-state index in [1.807, 2.05) is 27.7 Å². The van der Waals surface area contributed by atoms with E-state index in [0.29, 0.717) is 0 Å². The standard InChI is InChI=1S/C12H15N3O3.2C2H6/c1-8(2)10(16)13-6-4-5-9-7-15(3)12(18)14-11(9)17;2*1-2/h7-8H,6H2,1-3H3,(H,13,16)(H,14,17,18);2*1-2H3. The van der Waals surface area contributed by atoms with Gasteiger partial charge in [-0.25, -0.2) is 4.79 Å². The monoisotopic (exact) mass is 309 g/mol. The summed E-state index contributed by atoms with van der Waals surface area (Å²) in [6.07, 6.45) is 1.36. The summed E-state index contributed by atoms with van der Waals surface area (Å²) in [6.45, 7) is 11.7. The van der Waals surface area contributed by atoms with Gasteiger partial charge in [0.1, 0.15) is 5.56 Å². The van der Waals surface area contributed by atoms with E-state index in [0.717, 1.165) is 0 Å². The smallest absolute Gasteiger partial charge is 0.328 e. The van der Waals surface area contributed by atoms with Crippen molar-refractivity contribution in [2.45, 2.75) is 41.5 Å². The predicted octanol–water partition coefficient (Wildman–Crippen LogP) is 1.25. The molecule has 124 valence electrons. The Hall–Kier alpha value is -2.29. The molecule has 1 aromatic rings. The topological polar surface area (TPSA) is 84.0 Å². The van der Waals surface area contributed by atoms with Gasteiger partial charge in [0.2, 0.25) is 5.91 Å². The summed E-state index contributed by atoms with van der Waals surface area (Å²) in [7, 11) is 1.52. The lowest BCUT2D eigenvalue weighted by Gasteiger charge is -2.02. The summed E-state index contributed by atoms with van der Waals surface area (Å²) in [4.78, 5) is 35.8. The molecule has 1 aromatic heterocycles. The molecule has 6 heteroatoms. The van der Waals surface area contributed by atoms with Crippen LogP contribution in [0.15, 0.2) is 15.8 Å². The van der Waals surface area contributed by atoms with Crippen molar-refractivity contribution in [3.63, 3.8) is 0 Å². The largest absolute Gasteiger partial charge is 0.345 e. The molecule has 6 nitrogen and oxygen atoms in total. The predicted molar refractivity (Wildman–Crippen MR) is 89.7 cm³/mol. The maximum atomic E-state index is 11.4. The molecule has 0 atom stereocenters. The Morgan fingerprint density at radius 3 is 2.32 bits per heavy atom. The lowest BCUT2D eigenvalue weighted by atomic mass is 10.2. The number of amides is 1. The van der Waals surface area contributed by atoms with Gasteiger partial charge in [0, 0.05) is 19.2 Å². The van der Waals surface area contributed by atoms with Crippen LogP contribution in [0.5, 0.6) is 0 Å². The molecule has 0 aliphatic carbocycles. The van der Waals surface area contributed by atoms with Gasteiger partial charge in [0.15, 0.2) is 0 Å². The molecule has 0 aromatic carbocycles. The van der Waals surface area contributed by atoms with Crippen LogP contribution in [0.3, 0.4) is 0 Å². The number of H-pyrrole nitrogens is 1. The first kappa shape index (κ1) is 22.0. The second kappa shape index (κ2) is 12.5. The van der Waals surface area contributed by atoms with E-state index in [-0.39, 0.29) is 23.9 Å². The van der Waals surface area contributed by atoms with E-state index in [4.69, 9.17) is 0 Å². The zero-order valence-corrected chi connectivity index (χ0v) is 14.5. The summed E-state index contributed by atoms with van der Waals surface area (Å²) in [5, 5.41) is 2.60. The number of aromatic nitrogens is 2. The molecule has 0 saturated heterocycles. The van der Waals surface area contributed by atoms with Crippen LogP contribution in [-0.4, -0.2) is 22.0 Å². The van der Waals surface area contributed by atoms with Crippen LogP contribution in [0.4, 0.5) is 0 Å². The van der Waals surface area contributed by atoms with Crippen molar-refractivity contribution in [1.29, 1.82) is 0 Å². The first-order valence-electron chi connectivity index (χ1n) is 7.48. The third-order valence-corrected chi connectivity index (χ3v) is 2.21. The van der Waals surface area contributed by atoms with E-state index >= 15 is 0 Å². The second-order valence-corrected chi connectivity index (χ2v) is 4.09. The summed E-state index contributed by atoms with van der Waals surface area (Å²) in [5.41, 5.74) is -0.824. The van der Waals surface area contributed by atoms with Gasteiger partial charge in [-0.1, -0.05) is 53.4 Å². The third-order valence-electron chi connectivity index (χ3n) is 2.21. The minimum atomic E-state index is -0.527. The van der Waals surface area contributed by atoms with Gasteiger partial charge in [0.25, 0.3) is 5.56 Å². The Morgan fingerprint density at radius 2 is 1.82 bits per heavy atom. The highest BCUT2D eigenvalue weighted by molar-refractivity contribution is 5.78. The molecular formula is C16H27N3O3. The van der Waals surface area contributed by atoms with Crippen molar-refractivity contribution in [2.24, 2.45) is 13.0 Å². The molecular weight excluding hydrogens is 282 g/mol. The Balaban J connectivity index is 0. The van der Waals surface area contributed by atoms with Gasteiger partial charge in [-0.2, -0.15) is 0 Å². The molecule has 0 fully saturated rings. The Labute approximate surface area is 132 Å². The molecule has 0 bridgehead atoms.